The summed E-state index contributed by atoms with van der Waals surface area (Å²) < 4.78 is 28.9. The van der Waals surface area contributed by atoms with Gasteiger partial charge in [-0.05, 0) is 36.7 Å². The van der Waals surface area contributed by atoms with Crippen LogP contribution in [0.2, 0.25) is 0 Å². The predicted molar refractivity (Wildman–Crippen MR) is 105 cm³/mol. The maximum Gasteiger partial charge on any atom is 0.150 e. The average molecular weight is 372 g/mol. The zero-order chi connectivity index (χ0) is 19.2. The van der Waals surface area contributed by atoms with Crippen LogP contribution in [0.3, 0.4) is 0 Å². The number of aldehydes is 1. The Kier molecular flexibility index (Phi) is 6.56. The van der Waals surface area contributed by atoms with Gasteiger partial charge in [-0.15, -0.1) is 0 Å². The zero-order valence-corrected chi connectivity index (χ0v) is 15.8. The van der Waals surface area contributed by atoms with E-state index in [4.69, 9.17) is 0 Å². The highest BCUT2D eigenvalue weighted by atomic mass is 19.1. The molecule has 0 amide bonds. The van der Waals surface area contributed by atoms with Crippen molar-refractivity contribution in [3.8, 4) is 11.1 Å². The molecule has 3 rings (SSSR count). The Bertz CT molecular complexity index is 786. The van der Waals surface area contributed by atoms with E-state index in [0.29, 0.717) is 23.1 Å². The van der Waals surface area contributed by atoms with Crippen LogP contribution in [-0.4, -0.2) is 43.9 Å². The lowest BCUT2D eigenvalue weighted by Crippen LogP contribution is -2.46. The number of nitrogens with zero attached hydrogens (tertiary/aromatic N) is 2. The third-order valence-electron chi connectivity index (χ3n) is 5.18. The lowest BCUT2D eigenvalue weighted by atomic mass is 10.0. The minimum absolute atomic E-state index is 0.269. The van der Waals surface area contributed by atoms with Gasteiger partial charge in [-0.3, -0.25) is 9.69 Å². The summed E-state index contributed by atoms with van der Waals surface area (Å²) in [4.78, 5) is 15.2. The lowest BCUT2D eigenvalue weighted by Gasteiger charge is -2.36. The Morgan fingerprint density at radius 1 is 0.963 bits per heavy atom. The molecule has 0 atom stereocenters. The van der Waals surface area contributed by atoms with Gasteiger partial charge >= 0.3 is 0 Å². The Morgan fingerprint density at radius 3 is 2.37 bits per heavy atom. The highest BCUT2D eigenvalue weighted by molar-refractivity contribution is 5.77. The molecule has 0 saturated carbocycles. The van der Waals surface area contributed by atoms with Crippen LogP contribution in [0, 0.1) is 11.6 Å². The summed E-state index contributed by atoms with van der Waals surface area (Å²) in [5.41, 5.74) is 1.61. The highest BCUT2D eigenvalue weighted by Gasteiger charge is 2.20. The summed E-state index contributed by atoms with van der Waals surface area (Å²) in [5, 5.41) is 0. The van der Waals surface area contributed by atoms with Crippen LogP contribution < -0.4 is 4.90 Å². The first kappa shape index (κ1) is 19.5. The summed E-state index contributed by atoms with van der Waals surface area (Å²) in [7, 11) is 0. The fraction of sp³-hybridized carbons (Fsp3) is 0.409. The molecule has 2 aromatic carbocycles. The molecule has 1 aliphatic rings. The minimum atomic E-state index is -0.521. The molecular weight excluding hydrogens is 346 g/mol. The van der Waals surface area contributed by atoms with E-state index in [0.717, 1.165) is 32.7 Å². The number of hydrogen-bond donors (Lipinski definition) is 0. The molecule has 2 aromatic rings. The zero-order valence-electron chi connectivity index (χ0n) is 15.8. The van der Waals surface area contributed by atoms with Crippen molar-refractivity contribution in [3.63, 3.8) is 0 Å². The van der Waals surface area contributed by atoms with E-state index in [2.05, 4.69) is 16.7 Å². The van der Waals surface area contributed by atoms with Crippen molar-refractivity contribution in [1.29, 1.82) is 0 Å². The number of carbonyl (C=O) groups is 1. The molecule has 0 N–H and O–H groups in total. The van der Waals surface area contributed by atoms with Crippen LogP contribution in [0.4, 0.5) is 14.5 Å². The van der Waals surface area contributed by atoms with Crippen LogP contribution in [0.15, 0.2) is 36.4 Å². The number of halogens is 2. The van der Waals surface area contributed by atoms with E-state index >= 15 is 0 Å². The van der Waals surface area contributed by atoms with E-state index in [-0.39, 0.29) is 11.4 Å². The second kappa shape index (κ2) is 9.09. The molecule has 144 valence electrons. The van der Waals surface area contributed by atoms with Crippen molar-refractivity contribution < 1.29 is 13.6 Å². The van der Waals surface area contributed by atoms with Crippen molar-refractivity contribution in [3.05, 3.63) is 53.6 Å². The number of benzene rings is 2. The molecule has 5 heteroatoms. The number of piperazine rings is 1. The Balaban J connectivity index is 1.68. The number of carbonyl (C=O) groups excluding carboxylic acids is 1. The van der Waals surface area contributed by atoms with Gasteiger partial charge < -0.3 is 4.90 Å². The van der Waals surface area contributed by atoms with Gasteiger partial charge in [-0.1, -0.05) is 38.0 Å². The number of anilines is 1. The second-order valence-electron chi connectivity index (χ2n) is 7.06. The summed E-state index contributed by atoms with van der Waals surface area (Å²) >= 11 is 0. The molecular formula is C22H26F2N2O. The van der Waals surface area contributed by atoms with Crippen molar-refractivity contribution in [2.75, 3.05) is 37.6 Å². The van der Waals surface area contributed by atoms with Crippen LogP contribution in [0.5, 0.6) is 0 Å². The van der Waals surface area contributed by atoms with Gasteiger partial charge in [-0.2, -0.15) is 0 Å². The molecule has 0 aromatic heterocycles. The molecule has 1 saturated heterocycles. The second-order valence-corrected chi connectivity index (χ2v) is 7.06. The molecule has 0 unspecified atom stereocenters. The quantitative estimate of drug-likeness (QED) is 0.517. The summed E-state index contributed by atoms with van der Waals surface area (Å²) in [6.45, 7) is 6.78. The summed E-state index contributed by atoms with van der Waals surface area (Å²) in [6.07, 6.45) is 4.28. The third kappa shape index (κ3) is 4.72. The van der Waals surface area contributed by atoms with Gasteiger partial charge in [0, 0.05) is 37.3 Å². The van der Waals surface area contributed by atoms with Gasteiger partial charge in [0.25, 0.3) is 0 Å². The third-order valence-corrected chi connectivity index (χ3v) is 5.18. The molecule has 1 aliphatic heterocycles. The van der Waals surface area contributed by atoms with Gasteiger partial charge in [-0.25, -0.2) is 8.78 Å². The monoisotopic (exact) mass is 372 g/mol. The predicted octanol–water partition coefficient (Wildman–Crippen LogP) is 4.76. The van der Waals surface area contributed by atoms with Crippen molar-refractivity contribution in [2.24, 2.45) is 0 Å². The first-order chi connectivity index (χ1) is 13.1. The number of hydrogen-bond acceptors (Lipinski definition) is 3. The van der Waals surface area contributed by atoms with Crippen molar-refractivity contribution >= 4 is 12.0 Å². The Labute approximate surface area is 159 Å². The first-order valence-corrected chi connectivity index (χ1v) is 9.64. The largest absolute Gasteiger partial charge is 0.367 e. The van der Waals surface area contributed by atoms with Crippen LogP contribution in [0.1, 0.15) is 36.5 Å². The lowest BCUT2D eigenvalue weighted by molar-refractivity contribution is 0.112. The molecule has 3 nitrogen and oxygen atoms in total. The normalized spacial score (nSPS) is 15.1. The Morgan fingerprint density at radius 2 is 1.74 bits per heavy atom. The smallest absolute Gasteiger partial charge is 0.150 e. The minimum Gasteiger partial charge on any atom is -0.367 e. The first-order valence-electron chi connectivity index (χ1n) is 9.64. The summed E-state index contributed by atoms with van der Waals surface area (Å²) in [5.74, 6) is -0.863. The number of rotatable bonds is 7. The molecule has 1 heterocycles. The summed E-state index contributed by atoms with van der Waals surface area (Å²) in [6, 6.07) is 9.07. The standard InChI is InChI=1S/C22H26F2N2O/c1-2-3-4-9-25-10-12-26(13-11-25)22-8-6-18(15-21(22)24)19-7-5-17(16-27)14-20(19)23/h5-8,14-16H,2-4,9-13H2,1H3. The fourth-order valence-corrected chi connectivity index (χ4v) is 3.57. The van der Waals surface area contributed by atoms with Crippen molar-refractivity contribution in [1.82, 2.24) is 4.90 Å². The SMILES string of the molecule is CCCCCN1CCN(c2ccc(-c3ccc(C=O)cc3F)cc2F)CC1. The Hall–Kier alpha value is -2.27. The molecule has 0 radical (unpaired) electrons. The van der Waals surface area contributed by atoms with Gasteiger partial charge in [0.15, 0.2) is 0 Å². The van der Waals surface area contributed by atoms with Crippen LogP contribution in [-0.2, 0) is 0 Å². The van der Waals surface area contributed by atoms with E-state index in [1.54, 1.807) is 12.1 Å². The molecule has 27 heavy (non-hydrogen) atoms. The average Bonchev–Trinajstić information content (AvgIpc) is 2.68. The topological polar surface area (TPSA) is 23.6 Å². The van der Waals surface area contributed by atoms with Crippen molar-refractivity contribution in [2.45, 2.75) is 26.2 Å². The van der Waals surface area contributed by atoms with E-state index < -0.39 is 5.82 Å². The van der Waals surface area contributed by atoms with Crippen LogP contribution >= 0.6 is 0 Å². The van der Waals surface area contributed by atoms with E-state index in [9.17, 15) is 13.6 Å². The highest BCUT2D eigenvalue weighted by Crippen LogP contribution is 2.29. The molecule has 1 fully saturated rings. The molecule has 0 bridgehead atoms. The van der Waals surface area contributed by atoms with Crippen LogP contribution in [0.25, 0.3) is 11.1 Å². The molecule has 0 aliphatic carbocycles. The van der Waals surface area contributed by atoms with Gasteiger partial charge in [0.2, 0.25) is 0 Å². The number of unbranched alkanes of at least 4 members (excludes halogenated alkanes) is 2. The maximum atomic E-state index is 14.7. The molecule has 0 spiro atoms. The fourth-order valence-electron chi connectivity index (χ4n) is 3.57. The van der Waals surface area contributed by atoms with Gasteiger partial charge in [0.1, 0.15) is 17.9 Å². The van der Waals surface area contributed by atoms with E-state index in [1.807, 2.05) is 0 Å². The van der Waals surface area contributed by atoms with E-state index in [1.165, 1.54) is 43.5 Å². The van der Waals surface area contributed by atoms with Gasteiger partial charge in [0.05, 0.1) is 5.69 Å². The maximum absolute atomic E-state index is 14.7.